The van der Waals surface area contributed by atoms with Crippen molar-refractivity contribution in [2.45, 2.75) is 52.0 Å². The monoisotopic (exact) mass is 270 g/mol. The van der Waals surface area contributed by atoms with Crippen LogP contribution in [0.2, 0.25) is 0 Å². The van der Waals surface area contributed by atoms with Gasteiger partial charge in [0, 0.05) is 25.4 Å². The molecule has 0 saturated carbocycles. The second-order valence-electron chi connectivity index (χ2n) is 5.30. The van der Waals surface area contributed by atoms with Crippen molar-refractivity contribution in [1.82, 2.24) is 10.2 Å². The number of nitrogens with zero attached hydrogens (tertiary/aromatic N) is 1. The second kappa shape index (κ2) is 7.11. The van der Waals surface area contributed by atoms with Crippen molar-refractivity contribution in [2.75, 3.05) is 6.54 Å². The van der Waals surface area contributed by atoms with E-state index < -0.39 is 11.9 Å². The molecule has 0 aliphatic carbocycles. The Morgan fingerprint density at radius 3 is 2.58 bits per heavy atom. The minimum Gasteiger partial charge on any atom is -0.481 e. The lowest BCUT2D eigenvalue weighted by atomic mass is 10.0. The van der Waals surface area contributed by atoms with Gasteiger partial charge in [0.1, 0.15) is 0 Å². The van der Waals surface area contributed by atoms with E-state index in [9.17, 15) is 14.4 Å². The van der Waals surface area contributed by atoms with E-state index in [2.05, 4.69) is 5.32 Å². The molecule has 6 nitrogen and oxygen atoms in total. The number of aliphatic carboxylic acids is 1. The van der Waals surface area contributed by atoms with Gasteiger partial charge in [0.05, 0.1) is 0 Å². The lowest BCUT2D eigenvalue weighted by Gasteiger charge is -2.33. The number of urea groups is 1. The van der Waals surface area contributed by atoms with E-state index in [0.717, 1.165) is 19.3 Å². The van der Waals surface area contributed by atoms with Gasteiger partial charge in [-0.3, -0.25) is 14.9 Å². The molecule has 1 aliphatic heterocycles. The topological polar surface area (TPSA) is 86.7 Å². The molecular formula is C13H22N2O4. The largest absolute Gasteiger partial charge is 0.481 e. The fourth-order valence-electron chi connectivity index (χ4n) is 2.33. The first-order valence-corrected chi connectivity index (χ1v) is 6.72. The summed E-state index contributed by atoms with van der Waals surface area (Å²) in [6, 6.07) is -0.210. The smallest absolute Gasteiger partial charge is 0.324 e. The molecule has 0 aromatic heterocycles. The zero-order valence-electron chi connectivity index (χ0n) is 11.5. The molecule has 0 aromatic carbocycles. The minimum atomic E-state index is -0.934. The van der Waals surface area contributed by atoms with Crippen LogP contribution >= 0.6 is 0 Å². The molecule has 6 heteroatoms. The molecule has 1 aliphatic rings. The van der Waals surface area contributed by atoms with E-state index in [-0.39, 0.29) is 30.8 Å². The lowest BCUT2D eigenvalue weighted by molar-refractivity contribution is -0.138. The molecule has 1 fully saturated rings. The number of carboxylic acid groups (broad SMARTS) is 1. The summed E-state index contributed by atoms with van der Waals surface area (Å²) >= 11 is 0. The van der Waals surface area contributed by atoms with Gasteiger partial charge in [0.25, 0.3) is 0 Å². The third-order valence-corrected chi connectivity index (χ3v) is 3.37. The minimum absolute atomic E-state index is 0.0558. The number of likely N-dealkylation sites (tertiary alicyclic amines) is 1. The predicted molar refractivity (Wildman–Crippen MR) is 69.6 cm³/mol. The Labute approximate surface area is 113 Å². The summed E-state index contributed by atoms with van der Waals surface area (Å²) in [6.45, 7) is 4.32. The summed E-state index contributed by atoms with van der Waals surface area (Å²) in [5.74, 6) is -1.61. The van der Waals surface area contributed by atoms with E-state index in [0.29, 0.717) is 6.54 Å². The maximum Gasteiger partial charge on any atom is 0.324 e. The number of imide groups is 1. The third kappa shape index (κ3) is 5.28. The van der Waals surface area contributed by atoms with Crippen LogP contribution in [0.4, 0.5) is 4.79 Å². The number of rotatable bonds is 4. The predicted octanol–water partition coefficient (Wildman–Crippen LogP) is 1.60. The number of carbonyl (C=O) groups excluding carboxylic acids is 2. The maximum absolute atomic E-state index is 11.9. The van der Waals surface area contributed by atoms with E-state index in [1.165, 1.54) is 0 Å². The zero-order chi connectivity index (χ0) is 14.4. The highest BCUT2D eigenvalue weighted by Crippen LogP contribution is 2.16. The maximum atomic E-state index is 11.9. The summed E-state index contributed by atoms with van der Waals surface area (Å²) in [6.07, 6.45) is 3.01. The Bertz CT molecular complexity index is 357. The molecule has 3 amide bonds. The van der Waals surface area contributed by atoms with Gasteiger partial charge in [0.15, 0.2) is 0 Å². The quantitative estimate of drug-likeness (QED) is 0.812. The first-order chi connectivity index (χ1) is 8.90. The van der Waals surface area contributed by atoms with Crippen LogP contribution in [0, 0.1) is 5.92 Å². The average molecular weight is 270 g/mol. The van der Waals surface area contributed by atoms with Crippen LogP contribution in [-0.4, -0.2) is 40.5 Å². The van der Waals surface area contributed by atoms with Crippen molar-refractivity contribution in [3.63, 3.8) is 0 Å². The number of hydrogen-bond donors (Lipinski definition) is 2. The molecule has 108 valence electrons. The van der Waals surface area contributed by atoms with Crippen LogP contribution < -0.4 is 5.32 Å². The highest BCUT2D eigenvalue weighted by molar-refractivity contribution is 5.94. The zero-order valence-corrected chi connectivity index (χ0v) is 11.5. The second-order valence-corrected chi connectivity index (χ2v) is 5.30. The molecule has 1 rings (SSSR count). The van der Waals surface area contributed by atoms with Gasteiger partial charge >= 0.3 is 12.0 Å². The van der Waals surface area contributed by atoms with Gasteiger partial charge in [0.2, 0.25) is 5.91 Å². The Kier molecular flexibility index (Phi) is 5.79. The van der Waals surface area contributed by atoms with Crippen molar-refractivity contribution in [2.24, 2.45) is 5.92 Å². The summed E-state index contributed by atoms with van der Waals surface area (Å²) in [5, 5.41) is 10.9. The summed E-state index contributed by atoms with van der Waals surface area (Å²) in [4.78, 5) is 35.7. The van der Waals surface area contributed by atoms with Gasteiger partial charge in [-0.25, -0.2) is 4.79 Å². The standard InChI is InChI=1S/C13H22N2O4/c1-9(8-12(17)18)7-11(16)14-13(19)15-6-4-3-5-10(15)2/h9-10H,3-8H2,1-2H3,(H,17,18)(H,14,16,19). The molecule has 0 radical (unpaired) electrons. The molecule has 2 unspecified atom stereocenters. The number of hydrogen-bond acceptors (Lipinski definition) is 3. The van der Waals surface area contributed by atoms with Crippen molar-refractivity contribution < 1.29 is 19.5 Å². The normalized spacial score (nSPS) is 20.7. The van der Waals surface area contributed by atoms with E-state index >= 15 is 0 Å². The van der Waals surface area contributed by atoms with Crippen LogP contribution in [0.25, 0.3) is 0 Å². The first-order valence-electron chi connectivity index (χ1n) is 6.72. The summed E-state index contributed by atoms with van der Waals surface area (Å²) in [7, 11) is 0. The molecule has 0 aromatic rings. The van der Waals surface area contributed by atoms with Gasteiger partial charge in [-0.1, -0.05) is 6.92 Å². The van der Waals surface area contributed by atoms with Crippen molar-refractivity contribution in [1.29, 1.82) is 0 Å². The van der Waals surface area contributed by atoms with Gasteiger partial charge in [-0.05, 0) is 32.1 Å². The molecule has 1 heterocycles. The van der Waals surface area contributed by atoms with Crippen molar-refractivity contribution >= 4 is 17.9 Å². The molecule has 0 bridgehead atoms. The fourth-order valence-corrected chi connectivity index (χ4v) is 2.33. The lowest BCUT2D eigenvalue weighted by Crippen LogP contribution is -2.49. The summed E-state index contributed by atoms with van der Waals surface area (Å²) in [5.41, 5.74) is 0. The van der Waals surface area contributed by atoms with Crippen LogP contribution in [0.1, 0.15) is 46.0 Å². The van der Waals surface area contributed by atoms with Crippen LogP contribution in [0.5, 0.6) is 0 Å². The molecule has 2 atom stereocenters. The van der Waals surface area contributed by atoms with Crippen LogP contribution in [0.15, 0.2) is 0 Å². The third-order valence-electron chi connectivity index (χ3n) is 3.37. The van der Waals surface area contributed by atoms with Crippen molar-refractivity contribution in [3.05, 3.63) is 0 Å². The Hall–Kier alpha value is -1.59. The Morgan fingerprint density at radius 2 is 2.00 bits per heavy atom. The number of carboxylic acids is 1. The van der Waals surface area contributed by atoms with Gasteiger partial charge in [-0.15, -0.1) is 0 Å². The van der Waals surface area contributed by atoms with Gasteiger partial charge < -0.3 is 10.0 Å². The molecule has 1 saturated heterocycles. The Balaban J connectivity index is 2.38. The number of amides is 3. The van der Waals surface area contributed by atoms with E-state index in [4.69, 9.17) is 5.11 Å². The Morgan fingerprint density at radius 1 is 1.32 bits per heavy atom. The fraction of sp³-hybridized carbons (Fsp3) is 0.769. The molecule has 19 heavy (non-hydrogen) atoms. The van der Waals surface area contributed by atoms with Crippen molar-refractivity contribution in [3.8, 4) is 0 Å². The average Bonchev–Trinajstić information content (AvgIpc) is 2.27. The molecule has 2 N–H and O–H groups in total. The number of carbonyl (C=O) groups is 3. The SMILES string of the molecule is CC(CC(=O)O)CC(=O)NC(=O)N1CCCCC1C. The van der Waals surface area contributed by atoms with E-state index in [1.807, 2.05) is 6.92 Å². The molecular weight excluding hydrogens is 248 g/mol. The highest BCUT2D eigenvalue weighted by Gasteiger charge is 2.24. The van der Waals surface area contributed by atoms with Crippen LogP contribution in [-0.2, 0) is 9.59 Å². The van der Waals surface area contributed by atoms with Crippen LogP contribution in [0.3, 0.4) is 0 Å². The first kappa shape index (κ1) is 15.5. The van der Waals surface area contributed by atoms with E-state index in [1.54, 1.807) is 11.8 Å². The number of nitrogens with one attached hydrogen (secondary N) is 1. The number of piperidine rings is 1. The van der Waals surface area contributed by atoms with Gasteiger partial charge in [-0.2, -0.15) is 0 Å². The summed E-state index contributed by atoms with van der Waals surface area (Å²) < 4.78 is 0. The molecule has 0 spiro atoms. The highest BCUT2D eigenvalue weighted by atomic mass is 16.4.